The first-order chi connectivity index (χ1) is 10.3. The highest BCUT2D eigenvalue weighted by atomic mass is 16.4. The molecule has 3 rings (SSSR count). The second kappa shape index (κ2) is 5.35. The molecular weight excluding hydrogens is 282 g/mol. The lowest BCUT2D eigenvalue weighted by Crippen LogP contribution is -2.23. The van der Waals surface area contributed by atoms with E-state index >= 15 is 0 Å². The smallest absolute Gasteiger partial charge is 0.307 e. The zero-order valence-electron chi connectivity index (χ0n) is 13.2. The predicted molar refractivity (Wildman–Crippen MR) is 81.5 cm³/mol. The molecule has 1 atom stereocenters. The van der Waals surface area contributed by atoms with Gasteiger partial charge in [-0.1, -0.05) is 20.8 Å². The van der Waals surface area contributed by atoms with Gasteiger partial charge in [-0.3, -0.25) is 14.7 Å². The highest BCUT2D eigenvalue weighted by molar-refractivity contribution is 5.72. The third-order valence-corrected chi connectivity index (χ3v) is 3.98. The van der Waals surface area contributed by atoms with Gasteiger partial charge in [-0.15, -0.1) is 0 Å². The summed E-state index contributed by atoms with van der Waals surface area (Å²) in [6, 6.07) is 1.93. The molecule has 6 nitrogen and oxygen atoms in total. The second-order valence-corrected chi connectivity index (χ2v) is 6.97. The van der Waals surface area contributed by atoms with Gasteiger partial charge in [0.15, 0.2) is 5.58 Å². The number of oxazole rings is 1. The number of carbonyl (C=O) groups is 1. The van der Waals surface area contributed by atoms with E-state index in [2.05, 4.69) is 35.6 Å². The molecule has 1 saturated heterocycles. The minimum atomic E-state index is -0.711. The molecule has 0 amide bonds. The quantitative estimate of drug-likeness (QED) is 0.938. The molecule has 2 aromatic heterocycles. The molecule has 0 radical (unpaired) electrons. The Morgan fingerprint density at radius 2 is 2.27 bits per heavy atom. The van der Waals surface area contributed by atoms with E-state index in [1.165, 1.54) is 0 Å². The lowest BCUT2D eigenvalue weighted by atomic mass is 9.97. The van der Waals surface area contributed by atoms with Crippen molar-refractivity contribution in [1.29, 1.82) is 0 Å². The van der Waals surface area contributed by atoms with E-state index in [4.69, 9.17) is 9.52 Å². The molecule has 1 fully saturated rings. The summed E-state index contributed by atoms with van der Waals surface area (Å²) in [4.78, 5) is 22.1. The van der Waals surface area contributed by atoms with E-state index in [9.17, 15) is 4.79 Å². The van der Waals surface area contributed by atoms with Crippen LogP contribution >= 0.6 is 0 Å². The van der Waals surface area contributed by atoms with Crippen LogP contribution in [-0.2, 0) is 16.8 Å². The van der Waals surface area contributed by atoms with Crippen molar-refractivity contribution in [2.75, 3.05) is 13.1 Å². The number of hydrogen-bond donors (Lipinski definition) is 1. The maximum atomic E-state index is 11.0. The van der Waals surface area contributed by atoms with Gasteiger partial charge in [-0.2, -0.15) is 0 Å². The van der Waals surface area contributed by atoms with Gasteiger partial charge in [-0.05, 0) is 19.0 Å². The predicted octanol–water partition coefficient (Wildman–Crippen LogP) is 2.43. The first kappa shape index (κ1) is 15.0. The van der Waals surface area contributed by atoms with Crippen LogP contribution < -0.4 is 0 Å². The molecule has 118 valence electrons. The summed E-state index contributed by atoms with van der Waals surface area (Å²) in [7, 11) is 0. The van der Waals surface area contributed by atoms with E-state index < -0.39 is 5.97 Å². The SMILES string of the molecule is CC(C)(C)c1nc2cc(CN3CCC(C(=O)O)C3)ncc2o1. The first-order valence-electron chi connectivity index (χ1n) is 7.54. The number of carboxylic acids is 1. The Labute approximate surface area is 129 Å². The summed E-state index contributed by atoms with van der Waals surface area (Å²) in [6.45, 7) is 8.20. The van der Waals surface area contributed by atoms with Crippen molar-refractivity contribution in [3.63, 3.8) is 0 Å². The first-order valence-corrected chi connectivity index (χ1v) is 7.54. The minimum Gasteiger partial charge on any atom is -0.481 e. The number of likely N-dealkylation sites (tertiary alicyclic amines) is 1. The van der Waals surface area contributed by atoms with E-state index in [1.807, 2.05) is 6.07 Å². The van der Waals surface area contributed by atoms with Crippen molar-refractivity contribution in [2.24, 2.45) is 5.92 Å². The van der Waals surface area contributed by atoms with Crippen LogP contribution in [0.1, 0.15) is 38.8 Å². The average Bonchev–Trinajstić information content (AvgIpc) is 3.03. The van der Waals surface area contributed by atoms with Crippen molar-refractivity contribution in [2.45, 2.75) is 39.2 Å². The summed E-state index contributed by atoms with van der Waals surface area (Å²) in [5.74, 6) is -0.269. The number of pyridine rings is 1. The molecule has 1 aliphatic rings. The Kier molecular flexibility index (Phi) is 3.64. The largest absolute Gasteiger partial charge is 0.481 e. The van der Waals surface area contributed by atoms with E-state index in [0.29, 0.717) is 31.0 Å². The van der Waals surface area contributed by atoms with Crippen molar-refractivity contribution in [3.8, 4) is 0 Å². The topological polar surface area (TPSA) is 79.5 Å². The van der Waals surface area contributed by atoms with E-state index in [1.54, 1.807) is 6.20 Å². The van der Waals surface area contributed by atoms with E-state index in [-0.39, 0.29) is 11.3 Å². The lowest BCUT2D eigenvalue weighted by Gasteiger charge is -2.14. The lowest BCUT2D eigenvalue weighted by molar-refractivity contribution is -0.141. The van der Waals surface area contributed by atoms with Crippen LogP contribution in [0.2, 0.25) is 0 Å². The standard InChI is InChI=1S/C16H21N3O3/c1-16(2,3)15-18-12-6-11(17-7-13(12)22-15)9-19-5-4-10(8-19)14(20)21/h6-7,10H,4-5,8-9H2,1-3H3,(H,20,21). The molecule has 0 saturated carbocycles. The van der Waals surface area contributed by atoms with Crippen molar-refractivity contribution < 1.29 is 14.3 Å². The maximum absolute atomic E-state index is 11.0. The highest BCUT2D eigenvalue weighted by Crippen LogP contribution is 2.26. The maximum Gasteiger partial charge on any atom is 0.307 e. The second-order valence-electron chi connectivity index (χ2n) is 6.97. The number of aliphatic carboxylic acids is 1. The van der Waals surface area contributed by atoms with Crippen LogP contribution in [0.5, 0.6) is 0 Å². The van der Waals surface area contributed by atoms with Gasteiger partial charge in [0.2, 0.25) is 5.89 Å². The number of aromatic nitrogens is 2. The van der Waals surface area contributed by atoms with Crippen LogP contribution in [0.25, 0.3) is 11.1 Å². The molecule has 0 bridgehead atoms. The third kappa shape index (κ3) is 2.97. The van der Waals surface area contributed by atoms with Gasteiger partial charge in [0, 0.05) is 18.5 Å². The number of carboxylic acid groups (broad SMARTS) is 1. The highest BCUT2D eigenvalue weighted by Gasteiger charge is 2.28. The molecule has 1 aliphatic heterocycles. The normalized spacial score (nSPS) is 19.9. The number of nitrogens with zero attached hydrogens (tertiary/aromatic N) is 3. The monoisotopic (exact) mass is 303 g/mol. The van der Waals surface area contributed by atoms with Gasteiger partial charge < -0.3 is 9.52 Å². The van der Waals surface area contributed by atoms with Gasteiger partial charge in [0.05, 0.1) is 17.8 Å². The molecule has 22 heavy (non-hydrogen) atoms. The van der Waals surface area contributed by atoms with Crippen LogP contribution in [0.3, 0.4) is 0 Å². The van der Waals surface area contributed by atoms with Gasteiger partial charge >= 0.3 is 5.97 Å². The van der Waals surface area contributed by atoms with Crippen LogP contribution in [0.4, 0.5) is 0 Å². The van der Waals surface area contributed by atoms with Crippen molar-refractivity contribution in [3.05, 3.63) is 23.8 Å². The molecule has 0 spiro atoms. The molecule has 1 N–H and O–H groups in total. The summed E-state index contributed by atoms with van der Waals surface area (Å²) in [6.07, 6.45) is 2.41. The zero-order chi connectivity index (χ0) is 15.9. The summed E-state index contributed by atoms with van der Waals surface area (Å²) in [5.41, 5.74) is 2.26. The molecular formula is C16H21N3O3. The molecule has 2 aromatic rings. The Morgan fingerprint density at radius 1 is 1.50 bits per heavy atom. The summed E-state index contributed by atoms with van der Waals surface area (Å²) < 4.78 is 5.74. The van der Waals surface area contributed by atoms with E-state index in [0.717, 1.165) is 17.8 Å². The van der Waals surface area contributed by atoms with Gasteiger partial charge in [-0.25, -0.2) is 4.98 Å². The number of hydrogen-bond acceptors (Lipinski definition) is 5. The van der Waals surface area contributed by atoms with Crippen molar-refractivity contribution in [1.82, 2.24) is 14.9 Å². The van der Waals surface area contributed by atoms with Crippen LogP contribution in [0.15, 0.2) is 16.7 Å². The zero-order valence-corrected chi connectivity index (χ0v) is 13.2. The summed E-state index contributed by atoms with van der Waals surface area (Å²) in [5, 5.41) is 9.05. The van der Waals surface area contributed by atoms with Gasteiger partial charge in [0.25, 0.3) is 0 Å². The minimum absolute atomic E-state index is 0.136. The number of fused-ring (bicyclic) bond motifs is 1. The number of rotatable bonds is 3. The molecule has 0 aromatic carbocycles. The fraction of sp³-hybridized carbons (Fsp3) is 0.562. The molecule has 3 heterocycles. The molecule has 0 aliphatic carbocycles. The fourth-order valence-corrected chi connectivity index (χ4v) is 2.69. The van der Waals surface area contributed by atoms with Gasteiger partial charge in [0.1, 0.15) is 5.52 Å². The Balaban J connectivity index is 1.77. The van der Waals surface area contributed by atoms with Crippen LogP contribution in [-0.4, -0.2) is 39.0 Å². The Morgan fingerprint density at radius 3 is 2.91 bits per heavy atom. The van der Waals surface area contributed by atoms with Crippen molar-refractivity contribution >= 4 is 17.1 Å². The molecule has 1 unspecified atom stereocenters. The molecule has 6 heteroatoms. The average molecular weight is 303 g/mol. The third-order valence-electron chi connectivity index (χ3n) is 3.98. The Hall–Kier alpha value is -1.95. The summed E-state index contributed by atoms with van der Waals surface area (Å²) >= 11 is 0. The Bertz CT molecular complexity index is 702. The fourth-order valence-electron chi connectivity index (χ4n) is 2.69. The van der Waals surface area contributed by atoms with Crippen LogP contribution in [0, 0.1) is 5.92 Å².